The van der Waals surface area contributed by atoms with E-state index in [0.717, 1.165) is 25.8 Å². The average molecular weight is 335 g/mol. The topological polar surface area (TPSA) is 50.4 Å². The Morgan fingerprint density at radius 2 is 1.96 bits per heavy atom. The first-order valence-corrected chi connectivity index (χ1v) is 8.97. The molecule has 24 heavy (non-hydrogen) atoms. The molecule has 0 fully saturated rings. The fourth-order valence-electron chi connectivity index (χ4n) is 2.55. The second-order valence-corrected chi connectivity index (χ2v) is 7.53. The van der Waals surface area contributed by atoms with Crippen LogP contribution in [0.5, 0.6) is 0 Å². The standard InChI is InChI=1S/C20H34N2O2/c1-7-8-9-18(14-22-19(23)24-20(4,5)6)21-13-17-11-10-15(2)12-16(17)3/h10-12,18,21H,7-9,13-14H2,1-6H3,(H,22,23). The first-order chi connectivity index (χ1) is 11.2. The summed E-state index contributed by atoms with van der Waals surface area (Å²) in [6.07, 6.45) is 2.98. The highest BCUT2D eigenvalue weighted by molar-refractivity contribution is 5.67. The Kier molecular flexibility index (Phi) is 8.26. The monoisotopic (exact) mass is 334 g/mol. The lowest BCUT2D eigenvalue weighted by Crippen LogP contribution is -2.42. The van der Waals surface area contributed by atoms with Crippen molar-refractivity contribution in [3.05, 3.63) is 34.9 Å². The van der Waals surface area contributed by atoms with Crippen LogP contribution in [0, 0.1) is 13.8 Å². The number of benzene rings is 1. The van der Waals surface area contributed by atoms with Crippen LogP contribution in [0.3, 0.4) is 0 Å². The van der Waals surface area contributed by atoms with E-state index in [9.17, 15) is 4.79 Å². The van der Waals surface area contributed by atoms with Crippen LogP contribution in [-0.2, 0) is 11.3 Å². The first kappa shape index (κ1) is 20.5. The molecule has 0 aromatic heterocycles. The number of carbonyl (C=O) groups excluding carboxylic acids is 1. The van der Waals surface area contributed by atoms with Crippen molar-refractivity contribution in [2.75, 3.05) is 6.54 Å². The highest BCUT2D eigenvalue weighted by Gasteiger charge is 2.17. The van der Waals surface area contributed by atoms with E-state index >= 15 is 0 Å². The number of alkyl carbamates (subject to hydrolysis) is 1. The van der Waals surface area contributed by atoms with E-state index in [4.69, 9.17) is 4.74 Å². The number of carbonyl (C=O) groups is 1. The molecule has 1 amide bonds. The van der Waals surface area contributed by atoms with E-state index < -0.39 is 5.60 Å². The number of unbranched alkanes of at least 4 members (excludes halogenated alkanes) is 1. The zero-order valence-electron chi connectivity index (χ0n) is 16.2. The Bertz CT molecular complexity index is 521. The Labute approximate surface area is 147 Å². The van der Waals surface area contributed by atoms with Gasteiger partial charge in [-0.2, -0.15) is 0 Å². The lowest BCUT2D eigenvalue weighted by Gasteiger charge is -2.23. The van der Waals surface area contributed by atoms with E-state index in [0.29, 0.717) is 6.54 Å². The molecule has 1 aromatic carbocycles. The molecule has 0 radical (unpaired) electrons. The third-order valence-electron chi connectivity index (χ3n) is 3.88. The smallest absolute Gasteiger partial charge is 0.407 e. The predicted molar refractivity (Wildman–Crippen MR) is 100 cm³/mol. The molecule has 1 rings (SSSR count). The molecule has 1 atom stereocenters. The lowest BCUT2D eigenvalue weighted by molar-refractivity contribution is 0.0521. The quantitative estimate of drug-likeness (QED) is 0.737. The van der Waals surface area contributed by atoms with Gasteiger partial charge in [0.05, 0.1) is 0 Å². The maximum Gasteiger partial charge on any atom is 0.407 e. The minimum Gasteiger partial charge on any atom is -0.444 e. The SMILES string of the molecule is CCCCC(CNC(=O)OC(C)(C)C)NCc1ccc(C)cc1C. The van der Waals surface area contributed by atoms with Crippen molar-refractivity contribution in [3.63, 3.8) is 0 Å². The van der Waals surface area contributed by atoms with E-state index in [1.807, 2.05) is 20.8 Å². The molecular weight excluding hydrogens is 300 g/mol. The minimum absolute atomic E-state index is 0.248. The van der Waals surface area contributed by atoms with Gasteiger partial charge in [0.15, 0.2) is 0 Å². The van der Waals surface area contributed by atoms with Crippen LogP contribution in [0.4, 0.5) is 4.79 Å². The van der Waals surface area contributed by atoms with Crippen LogP contribution >= 0.6 is 0 Å². The van der Waals surface area contributed by atoms with E-state index in [1.165, 1.54) is 16.7 Å². The summed E-state index contributed by atoms with van der Waals surface area (Å²) in [5.41, 5.74) is 3.43. The Morgan fingerprint density at radius 3 is 2.54 bits per heavy atom. The van der Waals surface area contributed by atoms with Gasteiger partial charge in [-0.15, -0.1) is 0 Å². The van der Waals surface area contributed by atoms with Crippen molar-refractivity contribution >= 4 is 6.09 Å². The van der Waals surface area contributed by atoms with Gasteiger partial charge in [-0.3, -0.25) is 0 Å². The molecule has 0 aliphatic heterocycles. The summed E-state index contributed by atoms with van der Waals surface area (Å²) in [5.74, 6) is 0. The fourth-order valence-corrected chi connectivity index (χ4v) is 2.55. The summed E-state index contributed by atoms with van der Waals surface area (Å²) in [6, 6.07) is 6.77. The molecule has 4 nitrogen and oxygen atoms in total. The van der Waals surface area contributed by atoms with Crippen molar-refractivity contribution in [2.45, 2.75) is 79.0 Å². The minimum atomic E-state index is -0.463. The average Bonchev–Trinajstić information content (AvgIpc) is 2.46. The lowest BCUT2D eigenvalue weighted by atomic mass is 10.0. The molecule has 0 bridgehead atoms. The number of ether oxygens (including phenoxy) is 1. The summed E-state index contributed by atoms with van der Waals surface area (Å²) >= 11 is 0. The highest BCUT2D eigenvalue weighted by Crippen LogP contribution is 2.11. The molecule has 1 aromatic rings. The molecule has 4 heteroatoms. The van der Waals surface area contributed by atoms with Crippen LogP contribution in [-0.4, -0.2) is 24.3 Å². The Hall–Kier alpha value is -1.55. The molecule has 0 spiro atoms. The zero-order valence-corrected chi connectivity index (χ0v) is 16.2. The summed E-state index contributed by atoms with van der Waals surface area (Å²) in [7, 11) is 0. The highest BCUT2D eigenvalue weighted by atomic mass is 16.6. The summed E-state index contributed by atoms with van der Waals surface area (Å²) in [4.78, 5) is 11.8. The molecule has 0 heterocycles. The predicted octanol–water partition coefficient (Wildman–Crippen LogP) is 4.48. The largest absolute Gasteiger partial charge is 0.444 e. The summed E-state index contributed by atoms with van der Waals surface area (Å²) in [6.45, 7) is 13.5. The maximum atomic E-state index is 11.8. The van der Waals surface area contributed by atoms with Gasteiger partial charge in [0.1, 0.15) is 5.60 Å². The van der Waals surface area contributed by atoms with Crippen molar-refractivity contribution in [1.29, 1.82) is 0 Å². The van der Waals surface area contributed by atoms with Crippen LogP contribution in [0.1, 0.15) is 63.6 Å². The van der Waals surface area contributed by atoms with Crippen molar-refractivity contribution in [3.8, 4) is 0 Å². The van der Waals surface area contributed by atoms with Gasteiger partial charge in [0.2, 0.25) is 0 Å². The van der Waals surface area contributed by atoms with E-state index in [1.54, 1.807) is 0 Å². The third-order valence-corrected chi connectivity index (χ3v) is 3.88. The van der Waals surface area contributed by atoms with Crippen molar-refractivity contribution < 1.29 is 9.53 Å². The summed E-state index contributed by atoms with van der Waals surface area (Å²) in [5, 5.41) is 6.46. The molecule has 0 saturated heterocycles. The number of amides is 1. The van der Waals surface area contributed by atoms with Crippen LogP contribution < -0.4 is 10.6 Å². The van der Waals surface area contributed by atoms with Gasteiger partial charge in [0, 0.05) is 19.1 Å². The molecule has 2 N–H and O–H groups in total. The molecule has 0 aliphatic carbocycles. The Morgan fingerprint density at radius 1 is 1.25 bits per heavy atom. The second kappa shape index (κ2) is 9.67. The van der Waals surface area contributed by atoms with Gasteiger partial charge < -0.3 is 15.4 Å². The number of aryl methyl sites for hydroxylation is 2. The number of hydrogen-bond donors (Lipinski definition) is 2. The molecule has 1 unspecified atom stereocenters. The van der Waals surface area contributed by atoms with Crippen LogP contribution in [0.25, 0.3) is 0 Å². The van der Waals surface area contributed by atoms with Crippen LogP contribution in [0.2, 0.25) is 0 Å². The molecule has 136 valence electrons. The zero-order chi connectivity index (χ0) is 18.2. The fraction of sp³-hybridized carbons (Fsp3) is 0.650. The van der Waals surface area contributed by atoms with Crippen molar-refractivity contribution in [2.24, 2.45) is 0 Å². The first-order valence-electron chi connectivity index (χ1n) is 8.97. The number of nitrogens with one attached hydrogen (secondary N) is 2. The van der Waals surface area contributed by atoms with Crippen LogP contribution in [0.15, 0.2) is 18.2 Å². The van der Waals surface area contributed by atoms with Gasteiger partial charge in [-0.05, 0) is 52.2 Å². The molecule has 0 saturated carbocycles. The summed E-state index contributed by atoms with van der Waals surface area (Å²) < 4.78 is 5.31. The van der Waals surface area contributed by atoms with E-state index in [2.05, 4.69) is 49.6 Å². The Balaban J connectivity index is 2.53. The maximum absolute atomic E-state index is 11.8. The number of rotatable bonds is 8. The normalized spacial score (nSPS) is 12.8. The van der Waals surface area contributed by atoms with E-state index in [-0.39, 0.29) is 12.1 Å². The second-order valence-electron chi connectivity index (χ2n) is 7.53. The third kappa shape index (κ3) is 8.34. The molecular formula is C20H34N2O2. The van der Waals surface area contributed by atoms with Gasteiger partial charge in [-0.1, -0.05) is 43.5 Å². The van der Waals surface area contributed by atoms with Crippen molar-refractivity contribution in [1.82, 2.24) is 10.6 Å². The van der Waals surface area contributed by atoms with Gasteiger partial charge >= 0.3 is 6.09 Å². The van der Waals surface area contributed by atoms with Gasteiger partial charge in [-0.25, -0.2) is 4.79 Å². The number of hydrogen-bond acceptors (Lipinski definition) is 3. The van der Waals surface area contributed by atoms with Gasteiger partial charge in [0.25, 0.3) is 0 Å². The molecule has 0 aliphatic rings.